The summed E-state index contributed by atoms with van der Waals surface area (Å²) >= 11 is 0. The number of nitrogens with one attached hydrogen (secondary N) is 1. The summed E-state index contributed by atoms with van der Waals surface area (Å²) in [6.07, 6.45) is 3.02. The van der Waals surface area contributed by atoms with E-state index in [1.807, 2.05) is 0 Å². The lowest BCUT2D eigenvalue weighted by Crippen LogP contribution is -2.54. The maximum atomic E-state index is 11.4. The minimum absolute atomic E-state index is 0.468. The molecule has 0 radical (unpaired) electrons. The predicted octanol–water partition coefficient (Wildman–Crippen LogP) is -0.685. The van der Waals surface area contributed by atoms with Gasteiger partial charge in [0.05, 0.1) is 6.67 Å². The van der Waals surface area contributed by atoms with Crippen LogP contribution in [-0.4, -0.2) is 65.7 Å². The van der Waals surface area contributed by atoms with Gasteiger partial charge in [-0.3, -0.25) is 9.69 Å². The molecule has 0 atom stereocenters. The number of nitrogens with zero attached hydrogens (tertiary/aromatic N) is 2. The van der Waals surface area contributed by atoms with Crippen molar-refractivity contribution < 1.29 is 14.7 Å². The molecule has 1 amide bonds. The normalized spacial score (nSPS) is 23.6. The molecular weight excluding hydrogens is 222 g/mol. The van der Waals surface area contributed by atoms with Gasteiger partial charge in [0.25, 0.3) is 0 Å². The first-order chi connectivity index (χ1) is 8.18. The minimum atomic E-state index is -1.35. The van der Waals surface area contributed by atoms with E-state index in [-0.39, 0.29) is 0 Å². The first-order valence-electron chi connectivity index (χ1n) is 6.15. The highest BCUT2D eigenvalue weighted by Crippen LogP contribution is 2.16. The van der Waals surface area contributed by atoms with Crippen molar-refractivity contribution in [2.75, 3.05) is 32.8 Å². The number of amides is 1. The Morgan fingerprint density at radius 1 is 1.18 bits per heavy atom. The number of hydrogen-bond acceptors (Lipinski definition) is 4. The van der Waals surface area contributed by atoms with Crippen LogP contribution in [0.15, 0.2) is 0 Å². The van der Waals surface area contributed by atoms with Crippen LogP contribution in [0.25, 0.3) is 0 Å². The van der Waals surface area contributed by atoms with Gasteiger partial charge in [0.15, 0.2) is 0 Å². The van der Waals surface area contributed by atoms with Gasteiger partial charge in [0.1, 0.15) is 0 Å². The Hall–Kier alpha value is -1.14. The van der Waals surface area contributed by atoms with Crippen molar-refractivity contribution >= 4 is 11.9 Å². The van der Waals surface area contributed by atoms with Crippen LogP contribution < -0.4 is 5.32 Å². The molecule has 0 saturated carbocycles. The van der Waals surface area contributed by atoms with E-state index in [0.717, 1.165) is 38.9 Å². The number of aliphatic carboxylic acids is 1. The second-order valence-electron chi connectivity index (χ2n) is 4.66. The average Bonchev–Trinajstić information content (AvgIpc) is 2.39. The monoisotopic (exact) mass is 241 g/mol. The highest BCUT2D eigenvalue weighted by atomic mass is 16.4. The van der Waals surface area contributed by atoms with Crippen molar-refractivity contribution in [2.45, 2.75) is 25.3 Å². The van der Waals surface area contributed by atoms with E-state index < -0.39 is 11.9 Å². The van der Waals surface area contributed by atoms with E-state index in [1.54, 1.807) is 0 Å². The van der Waals surface area contributed by atoms with Crippen LogP contribution in [0, 0.1) is 0 Å². The molecule has 6 heteroatoms. The van der Waals surface area contributed by atoms with Crippen molar-refractivity contribution in [3.63, 3.8) is 0 Å². The van der Waals surface area contributed by atoms with E-state index in [2.05, 4.69) is 10.2 Å². The second-order valence-corrected chi connectivity index (χ2v) is 4.66. The fourth-order valence-electron chi connectivity index (χ4n) is 2.60. The van der Waals surface area contributed by atoms with Gasteiger partial charge in [-0.25, -0.2) is 4.79 Å². The SMILES string of the molecule is O=C(O)C(=O)N1CCCN(C2CCNCC2)C1. The van der Waals surface area contributed by atoms with Gasteiger partial charge in [-0.05, 0) is 32.4 Å². The third-order valence-electron chi connectivity index (χ3n) is 3.52. The molecule has 17 heavy (non-hydrogen) atoms. The Labute approximate surface area is 101 Å². The largest absolute Gasteiger partial charge is 0.474 e. The Morgan fingerprint density at radius 2 is 1.88 bits per heavy atom. The number of rotatable bonds is 1. The number of carbonyl (C=O) groups excluding carboxylic acids is 1. The summed E-state index contributed by atoms with van der Waals surface area (Å²) in [5.41, 5.74) is 0. The molecule has 0 aromatic carbocycles. The average molecular weight is 241 g/mol. The molecule has 0 unspecified atom stereocenters. The van der Waals surface area contributed by atoms with Crippen LogP contribution >= 0.6 is 0 Å². The summed E-state index contributed by atoms with van der Waals surface area (Å²) in [6.45, 7) is 4.01. The molecule has 2 saturated heterocycles. The van der Waals surface area contributed by atoms with Gasteiger partial charge in [0, 0.05) is 19.1 Å². The smallest absolute Gasteiger partial charge is 0.394 e. The maximum Gasteiger partial charge on any atom is 0.394 e. The Balaban J connectivity index is 1.92. The van der Waals surface area contributed by atoms with Crippen molar-refractivity contribution in [3.8, 4) is 0 Å². The molecule has 2 aliphatic rings. The lowest BCUT2D eigenvalue weighted by Gasteiger charge is -2.41. The van der Waals surface area contributed by atoms with Crippen molar-refractivity contribution in [2.24, 2.45) is 0 Å². The standard InChI is InChI=1S/C11H19N3O3/c15-10(11(16)17)14-7-1-6-13(8-14)9-2-4-12-5-3-9/h9,12H,1-8H2,(H,16,17). The summed E-state index contributed by atoms with van der Waals surface area (Å²) in [6, 6.07) is 0.487. The Kier molecular flexibility index (Phi) is 3.96. The van der Waals surface area contributed by atoms with Crippen molar-refractivity contribution in [3.05, 3.63) is 0 Å². The molecule has 2 N–H and O–H groups in total. The van der Waals surface area contributed by atoms with E-state index in [0.29, 0.717) is 19.3 Å². The summed E-state index contributed by atoms with van der Waals surface area (Å²) in [4.78, 5) is 25.8. The molecule has 0 bridgehead atoms. The second kappa shape index (κ2) is 5.46. The molecule has 2 heterocycles. The number of piperidine rings is 1. The summed E-state index contributed by atoms with van der Waals surface area (Å²) < 4.78 is 0. The molecule has 6 nitrogen and oxygen atoms in total. The van der Waals surface area contributed by atoms with E-state index in [1.165, 1.54) is 4.90 Å². The molecule has 0 aromatic heterocycles. The number of carboxylic acids is 1. The van der Waals surface area contributed by atoms with Gasteiger partial charge in [-0.1, -0.05) is 0 Å². The Morgan fingerprint density at radius 3 is 2.53 bits per heavy atom. The first-order valence-corrected chi connectivity index (χ1v) is 6.15. The zero-order valence-corrected chi connectivity index (χ0v) is 9.89. The Bertz CT molecular complexity index is 302. The summed E-state index contributed by atoms with van der Waals surface area (Å²) in [5.74, 6) is -2.12. The van der Waals surface area contributed by atoms with E-state index in [4.69, 9.17) is 5.11 Å². The molecule has 2 rings (SSSR count). The van der Waals surface area contributed by atoms with Gasteiger partial charge < -0.3 is 15.3 Å². The van der Waals surface area contributed by atoms with E-state index >= 15 is 0 Å². The zero-order chi connectivity index (χ0) is 12.3. The lowest BCUT2D eigenvalue weighted by molar-refractivity contribution is -0.158. The van der Waals surface area contributed by atoms with E-state index in [9.17, 15) is 9.59 Å². The van der Waals surface area contributed by atoms with Crippen molar-refractivity contribution in [1.82, 2.24) is 15.1 Å². The van der Waals surface area contributed by atoms with Crippen LogP contribution in [0.5, 0.6) is 0 Å². The van der Waals surface area contributed by atoms with Gasteiger partial charge >= 0.3 is 11.9 Å². The van der Waals surface area contributed by atoms with Crippen LogP contribution in [0.3, 0.4) is 0 Å². The molecule has 2 aliphatic heterocycles. The summed E-state index contributed by atoms with van der Waals surface area (Å²) in [5, 5.41) is 12.0. The van der Waals surface area contributed by atoms with Crippen molar-refractivity contribution in [1.29, 1.82) is 0 Å². The molecule has 0 aromatic rings. The molecule has 2 fully saturated rings. The topological polar surface area (TPSA) is 72.9 Å². The molecule has 96 valence electrons. The van der Waals surface area contributed by atoms with Crippen LogP contribution in [-0.2, 0) is 9.59 Å². The molecular formula is C11H19N3O3. The summed E-state index contributed by atoms with van der Waals surface area (Å²) in [7, 11) is 0. The maximum absolute atomic E-state index is 11.4. The van der Waals surface area contributed by atoms with Gasteiger partial charge in [-0.2, -0.15) is 0 Å². The third kappa shape index (κ3) is 2.95. The minimum Gasteiger partial charge on any atom is -0.474 e. The number of carbonyl (C=O) groups is 2. The zero-order valence-electron chi connectivity index (χ0n) is 9.89. The lowest BCUT2D eigenvalue weighted by atomic mass is 10.0. The van der Waals surface area contributed by atoms with Gasteiger partial charge in [-0.15, -0.1) is 0 Å². The highest BCUT2D eigenvalue weighted by Gasteiger charge is 2.30. The van der Waals surface area contributed by atoms with Crippen LogP contribution in [0.4, 0.5) is 0 Å². The number of hydrogen-bond donors (Lipinski definition) is 2. The fourth-order valence-corrected chi connectivity index (χ4v) is 2.60. The quantitative estimate of drug-likeness (QED) is 0.595. The van der Waals surface area contributed by atoms with Crippen LogP contribution in [0.2, 0.25) is 0 Å². The number of carboxylic acid groups (broad SMARTS) is 1. The molecule has 0 aliphatic carbocycles. The third-order valence-corrected chi connectivity index (χ3v) is 3.52. The highest BCUT2D eigenvalue weighted by molar-refractivity contribution is 6.31. The fraction of sp³-hybridized carbons (Fsp3) is 0.818. The van der Waals surface area contributed by atoms with Gasteiger partial charge in [0.2, 0.25) is 0 Å². The van der Waals surface area contributed by atoms with Crippen LogP contribution in [0.1, 0.15) is 19.3 Å². The first kappa shape index (κ1) is 12.3. The molecule has 0 spiro atoms. The predicted molar refractivity (Wildman–Crippen MR) is 61.4 cm³/mol.